The maximum absolute atomic E-state index is 12.7. The fourth-order valence-corrected chi connectivity index (χ4v) is 3.70. The van der Waals surface area contributed by atoms with Gasteiger partial charge in [0.2, 0.25) is 10.0 Å². The van der Waals surface area contributed by atoms with E-state index in [0.717, 1.165) is 6.26 Å². The van der Waals surface area contributed by atoms with Crippen LogP contribution in [0.25, 0.3) is 0 Å². The lowest BCUT2D eigenvalue weighted by molar-refractivity contribution is -0.122. The molecule has 144 valence electrons. The molecule has 0 saturated heterocycles. The van der Waals surface area contributed by atoms with Gasteiger partial charge in [0, 0.05) is 11.8 Å². The van der Waals surface area contributed by atoms with E-state index in [1.165, 1.54) is 18.5 Å². The molecule has 2 aromatic carbocycles. The van der Waals surface area contributed by atoms with Crippen molar-refractivity contribution in [2.24, 2.45) is 0 Å². The summed E-state index contributed by atoms with van der Waals surface area (Å²) in [6.07, 6.45) is 0.0982. The molecule has 0 saturated carbocycles. The van der Waals surface area contributed by atoms with Gasteiger partial charge in [-0.25, -0.2) is 8.42 Å². The van der Waals surface area contributed by atoms with E-state index in [-0.39, 0.29) is 6.54 Å². The average Bonchev–Trinajstić information content (AvgIpc) is 2.66. The van der Waals surface area contributed by atoms with Crippen molar-refractivity contribution in [2.75, 3.05) is 36.6 Å². The number of sulfonamides is 1. The van der Waals surface area contributed by atoms with Crippen molar-refractivity contribution >= 4 is 27.3 Å². The largest absolute Gasteiger partial charge is 0.493 e. The van der Waals surface area contributed by atoms with E-state index in [9.17, 15) is 13.2 Å². The zero-order valence-electron chi connectivity index (χ0n) is 15.1. The molecule has 1 aliphatic rings. The first-order valence-electron chi connectivity index (χ1n) is 8.09. The number of amides is 1. The number of methoxy groups -OCH3 is 2. The van der Waals surface area contributed by atoms with Crippen LogP contribution in [0.1, 0.15) is 0 Å². The highest BCUT2D eigenvalue weighted by Gasteiger charge is 2.34. The Morgan fingerprint density at radius 2 is 1.85 bits per heavy atom. The van der Waals surface area contributed by atoms with E-state index in [2.05, 4.69) is 5.32 Å². The minimum atomic E-state index is -3.56. The van der Waals surface area contributed by atoms with Crippen LogP contribution in [-0.4, -0.2) is 47.4 Å². The van der Waals surface area contributed by atoms with Gasteiger partial charge in [-0.1, -0.05) is 12.1 Å². The molecule has 8 nitrogen and oxygen atoms in total. The number of fused-ring (bicyclic) bond motifs is 1. The Hall–Kier alpha value is -2.94. The lowest BCUT2D eigenvalue weighted by Crippen LogP contribution is -2.48. The average molecular weight is 392 g/mol. The van der Waals surface area contributed by atoms with Gasteiger partial charge in [-0.2, -0.15) is 0 Å². The SMILES string of the molecule is COc1ccc(NC(=O)[C@H]2CN(S(C)(=O)=O)c3ccccc3O2)cc1OC. The fraction of sp³-hybridized carbons (Fsp3) is 0.278. The van der Waals surface area contributed by atoms with Crippen LogP contribution in [0, 0.1) is 0 Å². The van der Waals surface area contributed by atoms with Crippen molar-refractivity contribution in [1.82, 2.24) is 0 Å². The van der Waals surface area contributed by atoms with Crippen LogP contribution in [0.5, 0.6) is 17.2 Å². The van der Waals surface area contributed by atoms with Gasteiger partial charge in [-0.05, 0) is 24.3 Å². The van der Waals surface area contributed by atoms with Gasteiger partial charge in [-0.15, -0.1) is 0 Å². The molecule has 0 bridgehead atoms. The first kappa shape index (κ1) is 18.8. The summed E-state index contributed by atoms with van der Waals surface area (Å²) >= 11 is 0. The maximum atomic E-state index is 12.7. The van der Waals surface area contributed by atoms with Gasteiger partial charge in [-0.3, -0.25) is 9.10 Å². The quantitative estimate of drug-likeness (QED) is 0.835. The summed E-state index contributed by atoms with van der Waals surface area (Å²) in [6.45, 7) is -0.116. The van der Waals surface area contributed by atoms with Crippen LogP contribution in [0.15, 0.2) is 42.5 Å². The Morgan fingerprint density at radius 3 is 2.52 bits per heavy atom. The van der Waals surface area contributed by atoms with Gasteiger partial charge in [0.05, 0.1) is 32.7 Å². The fourth-order valence-electron chi connectivity index (χ4n) is 2.79. The second-order valence-electron chi connectivity index (χ2n) is 5.93. The second kappa shape index (κ2) is 7.36. The highest BCUT2D eigenvalue weighted by molar-refractivity contribution is 7.92. The number of carbonyl (C=O) groups excluding carboxylic acids is 1. The Bertz CT molecular complexity index is 960. The highest BCUT2D eigenvalue weighted by Crippen LogP contribution is 2.35. The van der Waals surface area contributed by atoms with Crippen LogP contribution in [0.3, 0.4) is 0 Å². The summed E-state index contributed by atoms with van der Waals surface area (Å²) in [7, 11) is -0.550. The zero-order chi connectivity index (χ0) is 19.6. The molecule has 9 heteroatoms. The van der Waals surface area contributed by atoms with Gasteiger partial charge in [0.25, 0.3) is 5.91 Å². The molecule has 1 N–H and O–H groups in total. The van der Waals surface area contributed by atoms with Gasteiger partial charge in [0.15, 0.2) is 17.6 Å². The van der Waals surface area contributed by atoms with Crippen LogP contribution >= 0.6 is 0 Å². The third-order valence-electron chi connectivity index (χ3n) is 4.08. The summed E-state index contributed by atoms with van der Waals surface area (Å²) in [4.78, 5) is 12.7. The molecule has 1 aliphatic heterocycles. The van der Waals surface area contributed by atoms with E-state index < -0.39 is 22.0 Å². The number of hydrogen-bond acceptors (Lipinski definition) is 6. The predicted molar refractivity (Wildman–Crippen MR) is 101 cm³/mol. The van der Waals surface area contributed by atoms with Crippen molar-refractivity contribution < 1.29 is 27.4 Å². The molecule has 0 spiro atoms. The molecule has 0 aliphatic carbocycles. The van der Waals surface area contributed by atoms with Crippen molar-refractivity contribution in [1.29, 1.82) is 0 Å². The lowest BCUT2D eigenvalue weighted by atomic mass is 10.2. The second-order valence-corrected chi connectivity index (χ2v) is 7.83. The minimum Gasteiger partial charge on any atom is -0.493 e. The van der Waals surface area contributed by atoms with Crippen LogP contribution in [0.4, 0.5) is 11.4 Å². The van der Waals surface area contributed by atoms with Crippen molar-refractivity contribution in [3.63, 3.8) is 0 Å². The van der Waals surface area contributed by atoms with E-state index in [1.807, 2.05) is 0 Å². The number of benzene rings is 2. The van der Waals surface area contributed by atoms with Crippen LogP contribution in [0.2, 0.25) is 0 Å². The molecular formula is C18H20N2O6S. The summed E-state index contributed by atoms with van der Waals surface area (Å²) < 4.78 is 41.6. The third kappa shape index (κ3) is 3.92. The standard InChI is InChI=1S/C18H20N2O6S/c1-24-15-9-8-12(10-16(15)25-2)19-18(21)17-11-20(27(3,22)23)13-6-4-5-7-14(13)26-17/h4-10,17H,11H2,1-3H3,(H,19,21)/t17-/m1/s1. The van der Waals surface area contributed by atoms with E-state index in [4.69, 9.17) is 14.2 Å². The number of ether oxygens (including phenoxy) is 3. The summed E-state index contributed by atoms with van der Waals surface area (Å²) in [5.74, 6) is 0.858. The van der Waals surface area contributed by atoms with Crippen LogP contribution in [-0.2, 0) is 14.8 Å². The number of hydrogen-bond donors (Lipinski definition) is 1. The van der Waals surface area contributed by atoms with Gasteiger partial charge in [0.1, 0.15) is 5.75 Å². The van der Waals surface area contributed by atoms with Crippen molar-refractivity contribution in [3.8, 4) is 17.2 Å². The van der Waals surface area contributed by atoms with Crippen molar-refractivity contribution in [2.45, 2.75) is 6.10 Å². The number of nitrogens with one attached hydrogen (secondary N) is 1. The summed E-state index contributed by atoms with van der Waals surface area (Å²) in [6, 6.07) is 11.6. The molecule has 2 aromatic rings. The lowest BCUT2D eigenvalue weighted by Gasteiger charge is -2.33. The number of anilines is 2. The van der Waals surface area contributed by atoms with Gasteiger partial charge < -0.3 is 19.5 Å². The Balaban J connectivity index is 1.84. The number of rotatable bonds is 5. The summed E-state index contributed by atoms with van der Waals surface area (Å²) in [5, 5.41) is 2.72. The molecular weight excluding hydrogens is 372 g/mol. The van der Waals surface area contributed by atoms with Crippen LogP contribution < -0.4 is 23.8 Å². The Labute approximate surface area is 157 Å². The Morgan fingerprint density at radius 1 is 1.15 bits per heavy atom. The summed E-state index contributed by atoms with van der Waals surface area (Å²) in [5.41, 5.74) is 0.890. The molecule has 0 radical (unpaired) electrons. The molecule has 0 fully saturated rings. The minimum absolute atomic E-state index is 0.116. The zero-order valence-corrected chi connectivity index (χ0v) is 15.9. The van der Waals surface area contributed by atoms with E-state index in [1.54, 1.807) is 42.5 Å². The normalized spacial score (nSPS) is 16.1. The molecule has 1 heterocycles. The third-order valence-corrected chi connectivity index (χ3v) is 5.23. The molecule has 1 amide bonds. The topological polar surface area (TPSA) is 94.2 Å². The monoisotopic (exact) mass is 392 g/mol. The number of carbonyl (C=O) groups is 1. The molecule has 3 rings (SSSR count). The first-order valence-corrected chi connectivity index (χ1v) is 9.94. The van der Waals surface area contributed by atoms with E-state index in [0.29, 0.717) is 28.6 Å². The molecule has 27 heavy (non-hydrogen) atoms. The predicted octanol–water partition coefficient (Wildman–Crippen LogP) is 1.87. The van der Waals surface area contributed by atoms with Crippen molar-refractivity contribution in [3.05, 3.63) is 42.5 Å². The Kier molecular flexibility index (Phi) is 5.13. The smallest absolute Gasteiger partial charge is 0.267 e. The van der Waals surface area contributed by atoms with E-state index >= 15 is 0 Å². The number of nitrogens with zero attached hydrogens (tertiary/aromatic N) is 1. The van der Waals surface area contributed by atoms with Gasteiger partial charge >= 0.3 is 0 Å². The highest BCUT2D eigenvalue weighted by atomic mass is 32.2. The molecule has 0 aromatic heterocycles. The molecule has 1 atom stereocenters. The number of para-hydroxylation sites is 2. The molecule has 0 unspecified atom stereocenters. The first-order chi connectivity index (χ1) is 12.8. The maximum Gasteiger partial charge on any atom is 0.267 e.